The molecular weight excluding hydrogens is 356 g/mol. The lowest BCUT2D eigenvalue weighted by Crippen LogP contribution is -2.17. The number of furan rings is 1. The average molecular weight is 374 g/mol. The normalized spacial score (nSPS) is 15.9. The van der Waals surface area contributed by atoms with Crippen LogP contribution in [-0.4, -0.2) is 20.8 Å². The predicted octanol–water partition coefficient (Wildman–Crippen LogP) is 4.31. The van der Waals surface area contributed by atoms with E-state index in [1.807, 2.05) is 10.9 Å². The molecule has 1 amide bonds. The van der Waals surface area contributed by atoms with Crippen LogP contribution in [0.3, 0.4) is 0 Å². The standard InChI is InChI=1S/C21H18N4O3/c26-21(17-11-20(28-24-17)19-9-4-10-27-19)23-15-12-22-25(13-15)18-8-3-6-14-5-1-2-7-16(14)18/h1-2,4-5,7,9-13,18H,3,6,8H2,(H,23,26). The lowest BCUT2D eigenvalue weighted by atomic mass is 9.88. The summed E-state index contributed by atoms with van der Waals surface area (Å²) in [5, 5.41) is 11.1. The smallest absolute Gasteiger partial charge is 0.277 e. The highest BCUT2D eigenvalue weighted by molar-refractivity contribution is 6.03. The first-order valence-corrected chi connectivity index (χ1v) is 9.22. The van der Waals surface area contributed by atoms with Gasteiger partial charge in [0, 0.05) is 12.3 Å². The number of aromatic nitrogens is 3. The summed E-state index contributed by atoms with van der Waals surface area (Å²) < 4.78 is 12.4. The highest BCUT2D eigenvalue weighted by atomic mass is 16.5. The van der Waals surface area contributed by atoms with Crippen molar-refractivity contribution >= 4 is 11.6 Å². The van der Waals surface area contributed by atoms with Gasteiger partial charge < -0.3 is 14.3 Å². The molecule has 0 saturated heterocycles. The first-order chi connectivity index (χ1) is 13.8. The van der Waals surface area contributed by atoms with Crippen LogP contribution < -0.4 is 5.32 Å². The molecule has 0 saturated carbocycles. The summed E-state index contributed by atoms with van der Waals surface area (Å²) in [4.78, 5) is 12.5. The lowest BCUT2D eigenvalue weighted by Gasteiger charge is -2.25. The number of hydrogen-bond donors (Lipinski definition) is 1. The first-order valence-electron chi connectivity index (χ1n) is 9.22. The fraction of sp³-hybridized carbons (Fsp3) is 0.190. The zero-order valence-electron chi connectivity index (χ0n) is 15.0. The highest BCUT2D eigenvalue weighted by Gasteiger charge is 2.22. The van der Waals surface area contributed by atoms with E-state index in [4.69, 9.17) is 8.94 Å². The number of nitrogens with one attached hydrogen (secondary N) is 1. The third-order valence-electron chi connectivity index (χ3n) is 5.02. The van der Waals surface area contributed by atoms with Gasteiger partial charge in [0.2, 0.25) is 5.76 Å². The second-order valence-corrected chi connectivity index (χ2v) is 6.82. The SMILES string of the molecule is O=C(Nc1cnn(C2CCCc3ccccc32)c1)c1cc(-c2ccco2)on1. The Labute approximate surface area is 160 Å². The number of amides is 1. The molecular formula is C21H18N4O3. The molecule has 5 rings (SSSR count). The van der Waals surface area contributed by atoms with Gasteiger partial charge in [-0.15, -0.1) is 0 Å². The van der Waals surface area contributed by atoms with E-state index in [-0.39, 0.29) is 17.6 Å². The maximum atomic E-state index is 12.5. The summed E-state index contributed by atoms with van der Waals surface area (Å²) in [6, 6.07) is 13.7. The largest absolute Gasteiger partial charge is 0.461 e. The highest BCUT2D eigenvalue weighted by Crippen LogP contribution is 2.32. The third-order valence-corrected chi connectivity index (χ3v) is 5.02. The zero-order chi connectivity index (χ0) is 18.9. The fourth-order valence-electron chi connectivity index (χ4n) is 3.69. The number of anilines is 1. The van der Waals surface area contributed by atoms with Crippen LogP contribution in [0.4, 0.5) is 5.69 Å². The number of fused-ring (bicyclic) bond motifs is 1. The van der Waals surface area contributed by atoms with E-state index in [1.165, 1.54) is 17.4 Å². The summed E-state index contributed by atoms with van der Waals surface area (Å²) in [5.41, 5.74) is 3.47. The first kappa shape index (κ1) is 16.6. The van der Waals surface area contributed by atoms with Gasteiger partial charge in [-0.05, 0) is 42.5 Å². The molecule has 4 aromatic rings. The minimum atomic E-state index is -0.356. The minimum Gasteiger partial charge on any atom is -0.461 e. The van der Waals surface area contributed by atoms with Gasteiger partial charge in [-0.1, -0.05) is 29.4 Å². The molecule has 0 spiro atoms. The Kier molecular flexibility index (Phi) is 4.05. The van der Waals surface area contributed by atoms with Crippen molar-refractivity contribution in [1.82, 2.24) is 14.9 Å². The molecule has 7 heteroatoms. The topological polar surface area (TPSA) is 86.1 Å². The van der Waals surface area contributed by atoms with Gasteiger partial charge in [-0.25, -0.2) is 0 Å². The van der Waals surface area contributed by atoms with E-state index in [9.17, 15) is 4.79 Å². The summed E-state index contributed by atoms with van der Waals surface area (Å²) in [7, 11) is 0. The van der Waals surface area contributed by atoms with Crippen LogP contribution in [0, 0.1) is 0 Å². The maximum absolute atomic E-state index is 12.5. The summed E-state index contributed by atoms with van der Waals surface area (Å²) in [6.07, 6.45) is 8.30. The Bertz CT molecular complexity index is 1110. The van der Waals surface area contributed by atoms with Gasteiger partial charge in [0.1, 0.15) is 0 Å². The van der Waals surface area contributed by atoms with E-state index in [0.29, 0.717) is 17.2 Å². The molecule has 3 heterocycles. The Morgan fingerprint density at radius 1 is 1.18 bits per heavy atom. The average Bonchev–Trinajstić information content (AvgIpc) is 3.48. The number of rotatable bonds is 4. The van der Waals surface area contributed by atoms with E-state index in [2.05, 4.69) is 39.8 Å². The number of aryl methyl sites for hydroxylation is 1. The van der Waals surface area contributed by atoms with Crippen LogP contribution in [-0.2, 0) is 6.42 Å². The second kappa shape index (κ2) is 6.84. The van der Waals surface area contributed by atoms with Gasteiger partial charge in [-0.3, -0.25) is 9.48 Å². The van der Waals surface area contributed by atoms with E-state index >= 15 is 0 Å². The molecule has 0 fully saturated rings. The van der Waals surface area contributed by atoms with Crippen molar-refractivity contribution in [3.63, 3.8) is 0 Å². The molecule has 1 aromatic carbocycles. The number of carbonyl (C=O) groups is 1. The number of benzene rings is 1. The van der Waals surface area contributed by atoms with Crippen LogP contribution >= 0.6 is 0 Å². The number of carbonyl (C=O) groups excluding carboxylic acids is 1. The van der Waals surface area contributed by atoms with Gasteiger partial charge in [-0.2, -0.15) is 5.10 Å². The molecule has 0 radical (unpaired) electrons. The molecule has 1 aliphatic rings. The van der Waals surface area contributed by atoms with Crippen molar-refractivity contribution in [2.75, 3.05) is 5.32 Å². The molecule has 3 aromatic heterocycles. The quantitative estimate of drug-likeness (QED) is 0.575. The van der Waals surface area contributed by atoms with Crippen LogP contribution in [0.2, 0.25) is 0 Å². The van der Waals surface area contributed by atoms with E-state index in [0.717, 1.165) is 19.3 Å². The molecule has 1 N–H and O–H groups in total. The number of hydrogen-bond acceptors (Lipinski definition) is 5. The molecule has 7 nitrogen and oxygen atoms in total. The summed E-state index contributed by atoms with van der Waals surface area (Å²) in [6.45, 7) is 0. The van der Waals surface area contributed by atoms with Crippen LogP contribution in [0.15, 0.2) is 70.1 Å². The summed E-state index contributed by atoms with van der Waals surface area (Å²) in [5.74, 6) is 0.574. The fourth-order valence-corrected chi connectivity index (χ4v) is 3.69. The van der Waals surface area contributed by atoms with Crippen molar-refractivity contribution in [2.24, 2.45) is 0 Å². The minimum absolute atomic E-state index is 0.183. The molecule has 1 atom stereocenters. The van der Waals surface area contributed by atoms with Gasteiger partial charge in [0.25, 0.3) is 5.91 Å². The van der Waals surface area contributed by atoms with Crippen LogP contribution in [0.5, 0.6) is 0 Å². The van der Waals surface area contributed by atoms with E-state index < -0.39 is 0 Å². The van der Waals surface area contributed by atoms with Gasteiger partial charge >= 0.3 is 0 Å². The van der Waals surface area contributed by atoms with E-state index in [1.54, 1.807) is 24.4 Å². The Balaban J connectivity index is 1.33. The maximum Gasteiger partial charge on any atom is 0.277 e. The molecule has 1 unspecified atom stereocenters. The lowest BCUT2D eigenvalue weighted by molar-refractivity contribution is 0.101. The van der Waals surface area contributed by atoms with Crippen LogP contribution in [0.25, 0.3) is 11.5 Å². The van der Waals surface area contributed by atoms with Gasteiger partial charge in [0.15, 0.2) is 11.5 Å². The second-order valence-electron chi connectivity index (χ2n) is 6.82. The van der Waals surface area contributed by atoms with Crippen molar-refractivity contribution in [2.45, 2.75) is 25.3 Å². The van der Waals surface area contributed by atoms with Crippen molar-refractivity contribution < 1.29 is 13.7 Å². The monoisotopic (exact) mass is 374 g/mol. The Morgan fingerprint density at radius 2 is 2.11 bits per heavy atom. The van der Waals surface area contributed by atoms with Gasteiger partial charge in [0.05, 0.1) is 24.2 Å². The summed E-state index contributed by atoms with van der Waals surface area (Å²) >= 11 is 0. The third kappa shape index (κ3) is 3.00. The van der Waals surface area contributed by atoms with Crippen LogP contribution in [0.1, 0.15) is 40.5 Å². The molecule has 140 valence electrons. The van der Waals surface area contributed by atoms with Crippen molar-refractivity contribution in [3.8, 4) is 11.5 Å². The molecule has 0 bridgehead atoms. The predicted molar refractivity (Wildman–Crippen MR) is 102 cm³/mol. The molecule has 28 heavy (non-hydrogen) atoms. The Morgan fingerprint density at radius 3 is 3.00 bits per heavy atom. The molecule has 1 aliphatic carbocycles. The Hall–Kier alpha value is -3.61. The molecule has 0 aliphatic heterocycles. The zero-order valence-corrected chi connectivity index (χ0v) is 15.0. The number of nitrogens with zero attached hydrogens (tertiary/aromatic N) is 3. The van der Waals surface area contributed by atoms with Crippen molar-refractivity contribution in [3.05, 3.63) is 77.9 Å². The van der Waals surface area contributed by atoms with Crippen molar-refractivity contribution in [1.29, 1.82) is 0 Å².